The lowest BCUT2D eigenvalue weighted by molar-refractivity contribution is 0.852. The fraction of sp³-hybridized carbons (Fsp3) is 0.391. The first-order chi connectivity index (χ1) is 11.7. The molecule has 0 spiro atoms. The highest BCUT2D eigenvalue weighted by atomic mass is 15.1. The Morgan fingerprint density at radius 1 is 0.750 bits per heavy atom. The van der Waals surface area contributed by atoms with Crippen LogP contribution in [-0.2, 0) is 0 Å². The van der Waals surface area contributed by atoms with Crippen molar-refractivity contribution in [3.05, 3.63) is 65.2 Å². The summed E-state index contributed by atoms with van der Waals surface area (Å²) in [5.74, 6) is 0. The van der Waals surface area contributed by atoms with E-state index < -0.39 is 0 Å². The van der Waals surface area contributed by atoms with Gasteiger partial charge in [0.1, 0.15) is 0 Å². The first-order valence-electron chi connectivity index (χ1n) is 9.25. The normalized spacial score (nSPS) is 9.62. The van der Waals surface area contributed by atoms with Gasteiger partial charge in [-0.15, -0.1) is 0 Å². The predicted molar refractivity (Wildman–Crippen MR) is 113 cm³/mol. The van der Waals surface area contributed by atoms with Crippen molar-refractivity contribution >= 4 is 17.8 Å². The van der Waals surface area contributed by atoms with Crippen molar-refractivity contribution in [1.82, 2.24) is 0 Å². The summed E-state index contributed by atoms with van der Waals surface area (Å²) >= 11 is 0. The molecule has 2 aromatic rings. The van der Waals surface area contributed by atoms with Crippen LogP contribution in [0.5, 0.6) is 0 Å². The zero-order chi connectivity index (χ0) is 18.4. The number of hydrogen-bond acceptors (Lipinski definition) is 1. The van der Waals surface area contributed by atoms with Gasteiger partial charge in [0.15, 0.2) is 0 Å². The molecule has 2 aromatic carbocycles. The van der Waals surface area contributed by atoms with Crippen LogP contribution < -0.4 is 4.90 Å². The summed E-state index contributed by atoms with van der Waals surface area (Å²) in [6, 6.07) is 17.3. The number of rotatable bonds is 5. The van der Waals surface area contributed by atoms with Crippen molar-refractivity contribution in [2.45, 2.75) is 48.0 Å². The smallest absolute Gasteiger partial charge is 0.0364 e. The molecule has 2 rings (SSSR count). The molecule has 0 saturated carbocycles. The first-order valence-corrected chi connectivity index (χ1v) is 9.25. The molecule has 1 nitrogen and oxygen atoms in total. The molecule has 0 aliphatic heterocycles. The minimum Gasteiger partial charge on any atom is -0.375 e. The molecule has 0 bridgehead atoms. The quantitative estimate of drug-likeness (QED) is 0.532. The lowest BCUT2D eigenvalue weighted by Gasteiger charge is -2.18. The minimum atomic E-state index is 1.10. The Kier molecular flexibility index (Phi) is 12.3. The number of benzene rings is 2. The summed E-state index contributed by atoms with van der Waals surface area (Å²) in [5, 5.41) is 0. The second-order valence-corrected chi connectivity index (χ2v) is 5.26. The first kappa shape index (κ1) is 22.0. The van der Waals surface area contributed by atoms with E-state index in [-0.39, 0.29) is 0 Å². The second kappa shape index (κ2) is 13.4. The summed E-state index contributed by atoms with van der Waals surface area (Å²) in [5.41, 5.74) is 5.05. The minimum absolute atomic E-state index is 1.10. The van der Waals surface area contributed by atoms with Gasteiger partial charge in [0.05, 0.1) is 0 Å². The molecule has 1 heteroatoms. The van der Waals surface area contributed by atoms with E-state index >= 15 is 0 Å². The molecular weight excluding hydrogens is 290 g/mol. The molecule has 0 saturated heterocycles. The Labute approximate surface area is 150 Å². The van der Waals surface area contributed by atoms with Gasteiger partial charge in [-0.05, 0) is 36.6 Å². The number of hydrogen-bond donors (Lipinski definition) is 0. The van der Waals surface area contributed by atoms with Crippen LogP contribution >= 0.6 is 0 Å². The van der Waals surface area contributed by atoms with Crippen LogP contribution in [-0.4, -0.2) is 13.6 Å². The van der Waals surface area contributed by atoms with Crippen LogP contribution in [0.1, 0.15) is 57.7 Å². The molecular formula is C23H35N. The van der Waals surface area contributed by atoms with Crippen LogP contribution in [0.4, 0.5) is 5.69 Å². The Balaban J connectivity index is 0.00000123. The van der Waals surface area contributed by atoms with Gasteiger partial charge >= 0.3 is 0 Å². The fourth-order valence-corrected chi connectivity index (χ4v) is 2.17. The molecule has 0 aliphatic carbocycles. The van der Waals surface area contributed by atoms with E-state index in [2.05, 4.69) is 86.5 Å². The monoisotopic (exact) mass is 325 g/mol. The van der Waals surface area contributed by atoms with Crippen LogP contribution in [0.2, 0.25) is 0 Å². The van der Waals surface area contributed by atoms with Crippen LogP contribution in [0, 0.1) is 6.92 Å². The highest BCUT2D eigenvalue weighted by molar-refractivity contribution is 5.70. The summed E-state index contributed by atoms with van der Waals surface area (Å²) in [7, 11) is 2.14. The van der Waals surface area contributed by atoms with Crippen LogP contribution in [0.15, 0.2) is 48.5 Å². The Morgan fingerprint density at radius 2 is 1.17 bits per heavy atom. The zero-order valence-corrected chi connectivity index (χ0v) is 16.6. The third-order valence-corrected chi connectivity index (χ3v) is 3.44. The van der Waals surface area contributed by atoms with Gasteiger partial charge in [-0.1, -0.05) is 88.7 Å². The molecule has 0 aromatic heterocycles. The van der Waals surface area contributed by atoms with Gasteiger partial charge in [0.2, 0.25) is 0 Å². The largest absolute Gasteiger partial charge is 0.375 e. The summed E-state index contributed by atoms with van der Waals surface area (Å²) in [6.07, 6.45) is 5.49. The summed E-state index contributed by atoms with van der Waals surface area (Å²) in [6.45, 7) is 13.4. The predicted octanol–water partition coefficient (Wildman–Crippen LogP) is 7.06. The van der Waals surface area contributed by atoms with Gasteiger partial charge < -0.3 is 4.90 Å². The average Bonchev–Trinajstić information content (AvgIpc) is 2.65. The third kappa shape index (κ3) is 8.01. The summed E-state index contributed by atoms with van der Waals surface area (Å²) < 4.78 is 0. The average molecular weight is 326 g/mol. The van der Waals surface area contributed by atoms with Gasteiger partial charge in [-0.2, -0.15) is 0 Å². The Morgan fingerprint density at radius 3 is 1.58 bits per heavy atom. The Hall–Kier alpha value is -2.02. The van der Waals surface area contributed by atoms with E-state index in [0.29, 0.717) is 0 Å². The topological polar surface area (TPSA) is 3.24 Å². The molecule has 0 N–H and O–H groups in total. The SMILES string of the molecule is CC.CC.CCCN(C)c1ccc(/C=C/c2ccc(C)cc2)cc1. The molecule has 0 unspecified atom stereocenters. The molecule has 0 radical (unpaired) electrons. The van der Waals surface area contributed by atoms with Gasteiger partial charge in [0.25, 0.3) is 0 Å². The van der Waals surface area contributed by atoms with Gasteiger partial charge in [-0.25, -0.2) is 0 Å². The van der Waals surface area contributed by atoms with E-state index in [9.17, 15) is 0 Å². The van der Waals surface area contributed by atoms with Crippen molar-refractivity contribution in [3.63, 3.8) is 0 Å². The number of anilines is 1. The van der Waals surface area contributed by atoms with Crippen molar-refractivity contribution in [1.29, 1.82) is 0 Å². The third-order valence-electron chi connectivity index (χ3n) is 3.44. The van der Waals surface area contributed by atoms with Crippen molar-refractivity contribution < 1.29 is 0 Å². The van der Waals surface area contributed by atoms with E-state index in [4.69, 9.17) is 0 Å². The molecule has 0 aliphatic rings. The maximum absolute atomic E-state index is 2.29. The standard InChI is InChI=1S/C19H23N.2C2H6/c1-4-15-20(3)19-13-11-18(12-14-19)10-9-17-7-5-16(2)6-8-17;2*1-2/h5-14H,4,15H2,1-3H3;2*1-2H3/b10-9+;;. The van der Waals surface area contributed by atoms with Gasteiger partial charge in [0, 0.05) is 19.3 Å². The van der Waals surface area contributed by atoms with Crippen LogP contribution in [0.3, 0.4) is 0 Å². The maximum Gasteiger partial charge on any atom is 0.0364 e. The lowest BCUT2D eigenvalue weighted by atomic mass is 10.1. The highest BCUT2D eigenvalue weighted by Gasteiger charge is 1.98. The lowest BCUT2D eigenvalue weighted by Crippen LogP contribution is -2.17. The fourth-order valence-electron chi connectivity index (χ4n) is 2.17. The van der Waals surface area contributed by atoms with Crippen LogP contribution in [0.25, 0.3) is 12.2 Å². The molecule has 132 valence electrons. The number of nitrogens with zero attached hydrogens (tertiary/aromatic N) is 1. The molecule has 24 heavy (non-hydrogen) atoms. The molecule has 0 heterocycles. The molecule has 0 amide bonds. The zero-order valence-electron chi connectivity index (χ0n) is 16.6. The second-order valence-electron chi connectivity index (χ2n) is 5.26. The van der Waals surface area contributed by atoms with E-state index in [1.807, 2.05) is 27.7 Å². The van der Waals surface area contributed by atoms with E-state index in [0.717, 1.165) is 6.54 Å². The van der Waals surface area contributed by atoms with Crippen molar-refractivity contribution in [3.8, 4) is 0 Å². The highest BCUT2D eigenvalue weighted by Crippen LogP contribution is 2.16. The summed E-state index contributed by atoms with van der Waals surface area (Å²) in [4.78, 5) is 2.29. The molecule has 0 atom stereocenters. The van der Waals surface area contributed by atoms with E-state index in [1.165, 1.54) is 28.8 Å². The molecule has 0 fully saturated rings. The van der Waals surface area contributed by atoms with Crippen molar-refractivity contribution in [2.24, 2.45) is 0 Å². The Bertz CT molecular complexity index is 550. The maximum atomic E-state index is 2.29. The number of aryl methyl sites for hydroxylation is 1. The van der Waals surface area contributed by atoms with E-state index in [1.54, 1.807) is 0 Å². The van der Waals surface area contributed by atoms with Crippen molar-refractivity contribution in [2.75, 3.05) is 18.5 Å². The van der Waals surface area contributed by atoms with Gasteiger partial charge in [-0.3, -0.25) is 0 Å².